The molecule has 0 spiro atoms. The number of rotatable bonds is 2. The molecule has 0 saturated heterocycles. The highest BCUT2D eigenvalue weighted by atomic mass is 35.7. The average Bonchev–Trinajstić information content (AvgIpc) is 1.83. The van der Waals surface area contributed by atoms with Crippen molar-refractivity contribution in [1.29, 1.82) is 0 Å². The quantitative estimate of drug-likeness (QED) is 0.388. The molecule has 0 rings (SSSR count). The number of hydrogen-bond acceptors (Lipinski definition) is 2. The first-order chi connectivity index (χ1) is 4.39. The molecule has 0 bridgehead atoms. The van der Waals surface area contributed by atoms with E-state index >= 15 is 0 Å². The fourth-order valence-corrected chi connectivity index (χ4v) is 1.45. The zero-order chi connectivity index (χ0) is 8.36. The highest BCUT2D eigenvalue weighted by molar-refractivity contribution is 7.46. The van der Waals surface area contributed by atoms with Crippen LogP contribution in [-0.4, -0.2) is 19.8 Å². The Morgan fingerprint density at radius 3 is 2.10 bits per heavy atom. The molecule has 0 aliphatic heterocycles. The Kier molecular flexibility index (Phi) is 3.69. The van der Waals surface area contributed by atoms with E-state index in [1.165, 1.54) is 7.11 Å². The van der Waals surface area contributed by atoms with Gasteiger partial charge in [-0.2, -0.15) is 0 Å². The van der Waals surface area contributed by atoms with E-state index in [0.717, 1.165) is 0 Å². The summed E-state index contributed by atoms with van der Waals surface area (Å²) < 4.78 is 4.47. The number of carbonyl (C=O) groups is 1. The number of hydrogen-bond donors (Lipinski definition) is 0. The van der Waals surface area contributed by atoms with Crippen LogP contribution in [0.5, 0.6) is 0 Å². The van der Waals surface area contributed by atoms with Gasteiger partial charge in [-0.05, 0) is 6.55 Å². The molecule has 60 valence electrons. The molecule has 1 atom stereocenters. The largest absolute Gasteiger partial charge is 0.469 e. The van der Waals surface area contributed by atoms with Gasteiger partial charge < -0.3 is 4.74 Å². The van der Waals surface area contributed by atoms with E-state index in [4.69, 9.17) is 22.2 Å². The standard InChI is InChI=1S/C5H10Cl2O2Si/c1-4(5(8)9-2)10(3,6)7/h4H,1-3H3/t4-/m0/s1. The summed E-state index contributed by atoms with van der Waals surface area (Å²) in [5, 5.41) is 0. The third-order valence-electron chi connectivity index (χ3n) is 1.32. The predicted octanol–water partition coefficient (Wildman–Crippen LogP) is 2.10. The normalized spacial score (nSPS) is 14.5. The van der Waals surface area contributed by atoms with Crippen LogP contribution in [0.2, 0.25) is 12.1 Å². The Morgan fingerprint density at radius 1 is 1.60 bits per heavy atom. The second kappa shape index (κ2) is 3.60. The monoisotopic (exact) mass is 200 g/mol. The molecule has 0 radical (unpaired) electrons. The van der Waals surface area contributed by atoms with Crippen LogP contribution in [0.1, 0.15) is 6.92 Å². The first-order valence-electron chi connectivity index (χ1n) is 2.85. The molecule has 10 heavy (non-hydrogen) atoms. The van der Waals surface area contributed by atoms with E-state index in [-0.39, 0.29) is 11.5 Å². The highest BCUT2D eigenvalue weighted by Gasteiger charge is 2.35. The number of methoxy groups -OCH3 is 1. The van der Waals surface area contributed by atoms with E-state index < -0.39 is 6.69 Å². The molecule has 0 aromatic rings. The van der Waals surface area contributed by atoms with Gasteiger partial charge in [0, 0.05) is 0 Å². The molecule has 0 saturated carbocycles. The SMILES string of the molecule is COC(=O)[C@H](C)[Si](C)(Cl)Cl. The second-order valence-electron chi connectivity index (χ2n) is 2.20. The van der Waals surface area contributed by atoms with Gasteiger partial charge in [0.05, 0.1) is 12.7 Å². The molecule has 0 unspecified atom stereocenters. The van der Waals surface area contributed by atoms with E-state index in [1.807, 2.05) is 0 Å². The van der Waals surface area contributed by atoms with Gasteiger partial charge in [0.1, 0.15) is 0 Å². The van der Waals surface area contributed by atoms with Crippen LogP contribution >= 0.6 is 22.2 Å². The number of carbonyl (C=O) groups excluding carboxylic acids is 1. The molecule has 0 aromatic heterocycles. The van der Waals surface area contributed by atoms with Gasteiger partial charge in [-0.3, -0.25) is 4.79 Å². The van der Waals surface area contributed by atoms with Crippen LogP contribution < -0.4 is 0 Å². The van der Waals surface area contributed by atoms with Crippen molar-refractivity contribution in [3.63, 3.8) is 0 Å². The van der Waals surface area contributed by atoms with Gasteiger partial charge in [0.2, 0.25) is 0 Å². The van der Waals surface area contributed by atoms with Crippen molar-refractivity contribution in [2.75, 3.05) is 7.11 Å². The summed E-state index contributed by atoms with van der Waals surface area (Å²) in [6, 6.07) is 0. The summed E-state index contributed by atoms with van der Waals surface area (Å²) >= 11 is 11.5. The second-order valence-corrected chi connectivity index (χ2v) is 10.3. The lowest BCUT2D eigenvalue weighted by Gasteiger charge is -2.16. The molecule has 0 N–H and O–H groups in total. The van der Waals surface area contributed by atoms with Gasteiger partial charge in [-0.15, -0.1) is 22.2 Å². The van der Waals surface area contributed by atoms with Crippen LogP contribution in [0, 0.1) is 0 Å². The predicted molar refractivity (Wildman–Crippen MR) is 44.8 cm³/mol. The summed E-state index contributed by atoms with van der Waals surface area (Å²) in [4.78, 5) is 10.8. The van der Waals surface area contributed by atoms with Crippen molar-refractivity contribution in [2.24, 2.45) is 0 Å². The molecular formula is C5H10Cl2O2Si. The first-order valence-corrected chi connectivity index (χ1v) is 7.45. The number of halogens is 2. The van der Waals surface area contributed by atoms with Gasteiger partial charge >= 0.3 is 5.97 Å². The number of ether oxygens (including phenoxy) is 1. The molecule has 5 heteroatoms. The summed E-state index contributed by atoms with van der Waals surface area (Å²) in [6.07, 6.45) is 0. The Hall–Kier alpha value is 0.267. The van der Waals surface area contributed by atoms with Gasteiger partial charge in [-0.1, -0.05) is 6.92 Å². The van der Waals surface area contributed by atoms with E-state index in [2.05, 4.69) is 4.74 Å². The summed E-state index contributed by atoms with van der Waals surface area (Å²) in [5.41, 5.74) is -0.360. The third-order valence-corrected chi connectivity index (χ3v) is 5.04. The summed E-state index contributed by atoms with van der Waals surface area (Å²) in [5.74, 6) is -0.334. The zero-order valence-corrected chi connectivity index (χ0v) is 8.66. The Bertz CT molecular complexity index is 132. The topological polar surface area (TPSA) is 26.3 Å². The molecular weight excluding hydrogens is 191 g/mol. The van der Waals surface area contributed by atoms with Crippen molar-refractivity contribution in [3.05, 3.63) is 0 Å². The van der Waals surface area contributed by atoms with E-state index in [9.17, 15) is 4.79 Å². The molecule has 0 aliphatic carbocycles. The third kappa shape index (κ3) is 2.90. The Morgan fingerprint density at radius 2 is 2.00 bits per heavy atom. The van der Waals surface area contributed by atoms with Gasteiger partial charge in [0.15, 0.2) is 0 Å². The van der Waals surface area contributed by atoms with Crippen molar-refractivity contribution in [1.82, 2.24) is 0 Å². The molecule has 0 fully saturated rings. The molecule has 0 aliphatic rings. The minimum atomic E-state index is -2.37. The van der Waals surface area contributed by atoms with E-state index in [0.29, 0.717) is 0 Å². The van der Waals surface area contributed by atoms with Crippen LogP contribution in [0.3, 0.4) is 0 Å². The Labute approximate surface area is 70.9 Å². The highest BCUT2D eigenvalue weighted by Crippen LogP contribution is 2.29. The maximum absolute atomic E-state index is 10.8. The maximum Gasteiger partial charge on any atom is 0.308 e. The average molecular weight is 201 g/mol. The number of esters is 1. The maximum atomic E-state index is 10.8. The van der Waals surface area contributed by atoms with Crippen LogP contribution in [-0.2, 0) is 9.53 Å². The van der Waals surface area contributed by atoms with Crippen molar-refractivity contribution in [3.8, 4) is 0 Å². The first kappa shape index (κ1) is 10.3. The fraction of sp³-hybridized carbons (Fsp3) is 0.800. The van der Waals surface area contributed by atoms with Crippen molar-refractivity contribution in [2.45, 2.75) is 19.0 Å². The zero-order valence-electron chi connectivity index (χ0n) is 6.15. The molecule has 0 amide bonds. The summed E-state index contributed by atoms with van der Waals surface area (Å²) in [6.45, 7) is 0.996. The fourth-order valence-electron chi connectivity index (χ4n) is 0.384. The van der Waals surface area contributed by atoms with Crippen LogP contribution in [0.4, 0.5) is 0 Å². The molecule has 2 nitrogen and oxygen atoms in total. The van der Waals surface area contributed by atoms with Gasteiger partial charge in [-0.25, -0.2) is 0 Å². The van der Waals surface area contributed by atoms with Crippen LogP contribution in [0.15, 0.2) is 0 Å². The van der Waals surface area contributed by atoms with Crippen molar-refractivity contribution >= 4 is 34.8 Å². The molecule has 0 heterocycles. The minimum absolute atomic E-state index is 0.334. The lowest BCUT2D eigenvalue weighted by molar-refractivity contribution is -0.140. The van der Waals surface area contributed by atoms with Gasteiger partial charge in [0.25, 0.3) is 6.69 Å². The summed E-state index contributed by atoms with van der Waals surface area (Å²) in [7, 11) is 1.33. The smallest absolute Gasteiger partial charge is 0.308 e. The van der Waals surface area contributed by atoms with E-state index in [1.54, 1.807) is 13.5 Å². The Balaban J connectivity index is 4.08. The lowest BCUT2D eigenvalue weighted by atomic mass is 10.5. The van der Waals surface area contributed by atoms with Crippen LogP contribution in [0.25, 0.3) is 0 Å². The van der Waals surface area contributed by atoms with Crippen molar-refractivity contribution < 1.29 is 9.53 Å². The lowest BCUT2D eigenvalue weighted by Crippen LogP contribution is -2.27. The molecule has 0 aromatic carbocycles. The minimum Gasteiger partial charge on any atom is -0.469 e.